The Morgan fingerprint density at radius 2 is 1.77 bits per heavy atom. The van der Waals surface area contributed by atoms with E-state index in [1.807, 2.05) is 39.8 Å². The van der Waals surface area contributed by atoms with Gasteiger partial charge in [0.05, 0.1) is 23.7 Å². The standard InChI is InChI=1S/C20H25NO4S/c1-14-6-9-16(10-7-14)26(22,23)21-17-11-8-15(24-5)12-18(17)25-13-19(21)20(2,3)4/h6-12,19H,13H2,1-5H3. The summed E-state index contributed by atoms with van der Waals surface area (Å²) < 4.78 is 39.7. The van der Waals surface area contributed by atoms with E-state index < -0.39 is 10.0 Å². The molecule has 1 heterocycles. The second-order valence-electron chi connectivity index (χ2n) is 7.64. The first kappa shape index (κ1) is 18.6. The van der Waals surface area contributed by atoms with Crippen LogP contribution in [0.15, 0.2) is 47.4 Å². The predicted molar refractivity (Wildman–Crippen MR) is 103 cm³/mol. The van der Waals surface area contributed by atoms with Crippen LogP contribution in [0.25, 0.3) is 0 Å². The molecule has 1 unspecified atom stereocenters. The van der Waals surface area contributed by atoms with Crippen molar-refractivity contribution >= 4 is 15.7 Å². The van der Waals surface area contributed by atoms with Crippen molar-refractivity contribution in [3.63, 3.8) is 0 Å². The molecule has 0 amide bonds. The molecule has 26 heavy (non-hydrogen) atoms. The number of anilines is 1. The zero-order chi connectivity index (χ0) is 19.1. The molecule has 0 bridgehead atoms. The molecule has 3 rings (SSSR count). The molecule has 2 aromatic rings. The number of rotatable bonds is 3. The molecule has 0 radical (unpaired) electrons. The van der Waals surface area contributed by atoms with Gasteiger partial charge in [-0.25, -0.2) is 8.42 Å². The van der Waals surface area contributed by atoms with Crippen molar-refractivity contribution in [2.75, 3.05) is 18.0 Å². The number of benzene rings is 2. The van der Waals surface area contributed by atoms with E-state index in [1.165, 1.54) is 4.31 Å². The normalized spacial score (nSPS) is 17.4. The van der Waals surface area contributed by atoms with E-state index in [4.69, 9.17) is 9.47 Å². The highest BCUT2D eigenvalue weighted by atomic mass is 32.2. The molecule has 0 aliphatic carbocycles. The van der Waals surface area contributed by atoms with Crippen LogP contribution >= 0.6 is 0 Å². The van der Waals surface area contributed by atoms with Crippen LogP contribution in [-0.2, 0) is 10.0 Å². The lowest BCUT2D eigenvalue weighted by Crippen LogP contribution is -2.53. The maximum atomic E-state index is 13.5. The highest BCUT2D eigenvalue weighted by Crippen LogP contribution is 2.43. The Balaban J connectivity index is 2.18. The number of nitrogens with zero attached hydrogens (tertiary/aromatic N) is 1. The minimum absolute atomic E-state index is 0.279. The minimum Gasteiger partial charge on any atom is -0.497 e. The summed E-state index contributed by atoms with van der Waals surface area (Å²) in [5, 5.41) is 0. The Labute approximate surface area is 155 Å². The fourth-order valence-electron chi connectivity index (χ4n) is 3.05. The van der Waals surface area contributed by atoms with E-state index in [1.54, 1.807) is 37.4 Å². The summed E-state index contributed by atoms with van der Waals surface area (Å²) in [5.41, 5.74) is 1.26. The molecule has 0 saturated heterocycles. The van der Waals surface area contributed by atoms with Gasteiger partial charge in [0.15, 0.2) is 0 Å². The Hall–Kier alpha value is -2.21. The zero-order valence-corrected chi connectivity index (χ0v) is 16.6. The van der Waals surface area contributed by atoms with Crippen LogP contribution in [0.1, 0.15) is 26.3 Å². The van der Waals surface area contributed by atoms with Crippen molar-refractivity contribution in [3.05, 3.63) is 48.0 Å². The van der Waals surface area contributed by atoms with Gasteiger partial charge in [0, 0.05) is 6.07 Å². The summed E-state index contributed by atoms with van der Waals surface area (Å²) in [5.74, 6) is 1.14. The van der Waals surface area contributed by atoms with Gasteiger partial charge in [-0.05, 0) is 36.6 Å². The lowest BCUT2D eigenvalue weighted by molar-refractivity contribution is 0.193. The number of hydrogen-bond acceptors (Lipinski definition) is 4. The molecular weight excluding hydrogens is 350 g/mol. The van der Waals surface area contributed by atoms with Crippen molar-refractivity contribution in [2.45, 2.75) is 38.6 Å². The van der Waals surface area contributed by atoms with E-state index in [9.17, 15) is 8.42 Å². The van der Waals surface area contributed by atoms with E-state index >= 15 is 0 Å². The van der Waals surface area contributed by atoms with Gasteiger partial charge >= 0.3 is 0 Å². The molecule has 1 aliphatic rings. The lowest BCUT2D eigenvalue weighted by Gasteiger charge is -2.43. The molecule has 1 aliphatic heterocycles. The lowest BCUT2D eigenvalue weighted by atomic mass is 9.86. The van der Waals surface area contributed by atoms with Crippen LogP contribution in [-0.4, -0.2) is 28.2 Å². The Morgan fingerprint density at radius 3 is 2.35 bits per heavy atom. The Kier molecular flexibility index (Phi) is 4.65. The van der Waals surface area contributed by atoms with Crippen LogP contribution in [0.2, 0.25) is 0 Å². The largest absolute Gasteiger partial charge is 0.497 e. The quantitative estimate of drug-likeness (QED) is 0.813. The van der Waals surface area contributed by atoms with E-state index in [0.717, 1.165) is 5.56 Å². The van der Waals surface area contributed by atoms with E-state index in [0.29, 0.717) is 17.2 Å². The number of sulfonamides is 1. The van der Waals surface area contributed by atoms with Crippen molar-refractivity contribution in [3.8, 4) is 11.5 Å². The summed E-state index contributed by atoms with van der Waals surface area (Å²) in [6, 6.07) is 11.8. The van der Waals surface area contributed by atoms with Crippen LogP contribution in [0.4, 0.5) is 5.69 Å². The third-order valence-corrected chi connectivity index (χ3v) is 6.50. The molecule has 1 atom stereocenters. The average Bonchev–Trinajstić information content (AvgIpc) is 2.59. The summed E-state index contributed by atoms with van der Waals surface area (Å²) in [6.07, 6.45) is 0. The maximum absolute atomic E-state index is 13.5. The van der Waals surface area contributed by atoms with Crippen LogP contribution in [0.3, 0.4) is 0 Å². The molecule has 0 N–H and O–H groups in total. The van der Waals surface area contributed by atoms with Gasteiger partial charge in [0.25, 0.3) is 10.0 Å². The molecule has 2 aromatic carbocycles. The van der Waals surface area contributed by atoms with Gasteiger partial charge in [-0.3, -0.25) is 4.31 Å². The fraction of sp³-hybridized carbons (Fsp3) is 0.400. The first-order chi connectivity index (χ1) is 12.1. The highest BCUT2D eigenvalue weighted by molar-refractivity contribution is 7.92. The van der Waals surface area contributed by atoms with Gasteiger partial charge < -0.3 is 9.47 Å². The van der Waals surface area contributed by atoms with Gasteiger partial charge in [0.2, 0.25) is 0 Å². The first-order valence-electron chi connectivity index (χ1n) is 8.56. The molecule has 140 valence electrons. The third-order valence-electron chi connectivity index (χ3n) is 4.66. The molecule has 6 heteroatoms. The van der Waals surface area contributed by atoms with Crippen LogP contribution in [0, 0.1) is 12.3 Å². The minimum atomic E-state index is -3.73. The van der Waals surface area contributed by atoms with Crippen molar-refractivity contribution in [1.82, 2.24) is 0 Å². The number of hydrogen-bond donors (Lipinski definition) is 0. The third kappa shape index (κ3) is 3.26. The van der Waals surface area contributed by atoms with Gasteiger partial charge in [-0.1, -0.05) is 38.5 Å². The van der Waals surface area contributed by atoms with Crippen molar-refractivity contribution in [1.29, 1.82) is 0 Å². The summed E-state index contributed by atoms with van der Waals surface area (Å²) >= 11 is 0. The molecule has 0 fully saturated rings. The average molecular weight is 375 g/mol. The summed E-state index contributed by atoms with van der Waals surface area (Å²) in [7, 11) is -2.16. The van der Waals surface area contributed by atoms with Gasteiger partial charge in [-0.15, -0.1) is 0 Å². The predicted octanol–water partition coefficient (Wildman–Crippen LogP) is 4.01. The maximum Gasteiger partial charge on any atom is 0.264 e. The zero-order valence-electron chi connectivity index (χ0n) is 15.8. The number of aryl methyl sites for hydroxylation is 1. The summed E-state index contributed by atoms with van der Waals surface area (Å²) in [6.45, 7) is 8.28. The molecular formula is C20H25NO4S. The summed E-state index contributed by atoms with van der Waals surface area (Å²) in [4.78, 5) is 0.279. The topological polar surface area (TPSA) is 55.8 Å². The second-order valence-corrected chi connectivity index (χ2v) is 9.46. The Bertz CT molecular complexity index is 898. The highest BCUT2D eigenvalue weighted by Gasteiger charge is 2.43. The number of ether oxygens (including phenoxy) is 2. The number of methoxy groups -OCH3 is 1. The molecule has 0 aromatic heterocycles. The van der Waals surface area contributed by atoms with E-state index in [-0.39, 0.29) is 23.0 Å². The smallest absolute Gasteiger partial charge is 0.264 e. The van der Waals surface area contributed by atoms with Crippen molar-refractivity contribution < 1.29 is 17.9 Å². The molecule has 0 saturated carbocycles. The monoisotopic (exact) mass is 375 g/mol. The van der Waals surface area contributed by atoms with Crippen LogP contribution < -0.4 is 13.8 Å². The van der Waals surface area contributed by atoms with Crippen LogP contribution in [0.5, 0.6) is 11.5 Å². The molecule has 5 nitrogen and oxygen atoms in total. The fourth-order valence-corrected chi connectivity index (χ4v) is 4.87. The van der Waals surface area contributed by atoms with Gasteiger partial charge in [-0.2, -0.15) is 0 Å². The first-order valence-corrected chi connectivity index (χ1v) is 10.0. The Morgan fingerprint density at radius 1 is 1.12 bits per heavy atom. The van der Waals surface area contributed by atoms with E-state index in [2.05, 4.69) is 0 Å². The molecule has 0 spiro atoms. The number of fused-ring (bicyclic) bond motifs is 1. The van der Waals surface area contributed by atoms with Crippen molar-refractivity contribution in [2.24, 2.45) is 5.41 Å². The second kappa shape index (κ2) is 6.50. The SMILES string of the molecule is COc1ccc2c(c1)OCC(C(C)(C)C)N2S(=O)(=O)c1ccc(C)cc1. The van der Waals surface area contributed by atoms with Gasteiger partial charge in [0.1, 0.15) is 18.1 Å².